The highest BCUT2D eigenvalue weighted by molar-refractivity contribution is 6.30. The molecule has 20 heavy (non-hydrogen) atoms. The van der Waals surface area contributed by atoms with Crippen molar-refractivity contribution < 1.29 is 4.74 Å². The Kier molecular flexibility index (Phi) is 3.36. The summed E-state index contributed by atoms with van der Waals surface area (Å²) < 4.78 is 5.96. The van der Waals surface area contributed by atoms with E-state index < -0.39 is 0 Å². The van der Waals surface area contributed by atoms with Gasteiger partial charge in [0.1, 0.15) is 11.6 Å². The fourth-order valence-corrected chi connectivity index (χ4v) is 2.38. The first-order chi connectivity index (χ1) is 9.63. The number of nitrogens with zero attached hydrogens (tertiary/aromatic N) is 1. The number of halogens is 1. The van der Waals surface area contributed by atoms with Crippen LogP contribution >= 0.6 is 11.6 Å². The lowest BCUT2D eigenvalue weighted by atomic mass is 10.2. The molecule has 0 saturated heterocycles. The van der Waals surface area contributed by atoms with E-state index in [0.717, 1.165) is 28.2 Å². The van der Waals surface area contributed by atoms with E-state index in [9.17, 15) is 0 Å². The number of H-pyrrole nitrogens is 1. The first kappa shape index (κ1) is 13.0. The van der Waals surface area contributed by atoms with Crippen LogP contribution in [0.5, 0.6) is 5.75 Å². The molecule has 0 aliphatic carbocycles. The van der Waals surface area contributed by atoms with Crippen LogP contribution in [0.2, 0.25) is 5.02 Å². The Bertz CT molecular complexity index is 718. The Morgan fingerprint density at radius 2 is 2.00 bits per heavy atom. The molecule has 1 aromatic heterocycles. The van der Waals surface area contributed by atoms with Gasteiger partial charge in [-0.25, -0.2) is 4.98 Å². The largest absolute Gasteiger partial charge is 0.483 e. The molecule has 4 heteroatoms. The molecule has 1 N–H and O–H groups in total. The molecule has 102 valence electrons. The average Bonchev–Trinajstić information content (AvgIpc) is 2.86. The fourth-order valence-electron chi connectivity index (χ4n) is 2.16. The van der Waals surface area contributed by atoms with Crippen LogP contribution in [0.1, 0.15) is 24.4 Å². The van der Waals surface area contributed by atoms with Crippen molar-refractivity contribution in [3.8, 4) is 5.75 Å². The third-order valence-electron chi connectivity index (χ3n) is 3.23. The number of rotatable bonds is 3. The van der Waals surface area contributed by atoms with Gasteiger partial charge in [0.25, 0.3) is 0 Å². The first-order valence-electron chi connectivity index (χ1n) is 6.51. The number of aromatic nitrogens is 2. The fraction of sp³-hybridized carbons (Fsp3) is 0.188. The van der Waals surface area contributed by atoms with Crippen LogP contribution in [0.4, 0.5) is 0 Å². The Balaban J connectivity index is 1.86. The summed E-state index contributed by atoms with van der Waals surface area (Å²) in [7, 11) is 0. The summed E-state index contributed by atoms with van der Waals surface area (Å²) in [5, 5.41) is 0.714. The van der Waals surface area contributed by atoms with Crippen molar-refractivity contribution in [1.82, 2.24) is 9.97 Å². The van der Waals surface area contributed by atoms with Crippen LogP contribution in [-0.4, -0.2) is 9.97 Å². The van der Waals surface area contributed by atoms with Crippen LogP contribution < -0.4 is 4.74 Å². The maximum atomic E-state index is 5.96. The lowest BCUT2D eigenvalue weighted by molar-refractivity contribution is 0.216. The van der Waals surface area contributed by atoms with E-state index >= 15 is 0 Å². The molecule has 0 aliphatic rings. The SMILES string of the molecule is Cc1cc(Cl)ccc1OC(C)c1nc2ccccc2[nH]1. The van der Waals surface area contributed by atoms with Crippen LogP contribution in [0.3, 0.4) is 0 Å². The second kappa shape index (κ2) is 5.17. The molecule has 3 nitrogen and oxygen atoms in total. The molecule has 0 aliphatic heterocycles. The highest BCUT2D eigenvalue weighted by Crippen LogP contribution is 2.27. The molecule has 0 bridgehead atoms. The zero-order valence-corrected chi connectivity index (χ0v) is 12.1. The van der Waals surface area contributed by atoms with Gasteiger partial charge in [0.2, 0.25) is 0 Å². The number of hydrogen-bond donors (Lipinski definition) is 1. The van der Waals surface area contributed by atoms with Gasteiger partial charge in [-0.3, -0.25) is 0 Å². The van der Waals surface area contributed by atoms with Crippen LogP contribution in [-0.2, 0) is 0 Å². The van der Waals surface area contributed by atoms with E-state index in [1.807, 2.05) is 56.3 Å². The maximum Gasteiger partial charge on any atom is 0.153 e. The Hall–Kier alpha value is -2.00. The minimum Gasteiger partial charge on any atom is -0.483 e. The van der Waals surface area contributed by atoms with Gasteiger partial charge in [-0.2, -0.15) is 0 Å². The number of fused-ring (bicyclic) bond motifs is 1. The summed E-state index contributed by atoms with van der Waals surface area (Å²) in [6.07, 6.45) is -0.151. The minimum absolute atomic E-state index is 0.151. The zero-order chi connectivity index (χ0) is 14.1. The molecule has 3 aromatic rings. The van der Waals surface area contributed by atoms with Gasteiger partial charge in [-0.15, -0.1) is 0 Å². The van der Waals surface area contributed by atoms with Gasteiger partial charge < -0.3 is 9.72 Å². The second-order valence-corrected chi connectivity index (χ2v) is 5.25. The summed E-state index contributed by atoms with van der Waals surface area (Å²) >= 11 is 5.95. The molecular weight excluding hydrogens is 272 g/mol. The van der Waals surface area contributed by atoms with Crippen LogP contribution in [0.15, 0.2) is 42.5 Å². The molecule has 1 heterocycles. The van der Waals surface area contributed by atoms with Crippen molar-refractivity contribution in [2.45, 2.75) is 20.0 Å². The molecule has 0 saturated carbocycles. The highest BCUT2D eigenvalue weighted by Gasteiger charge is 2.13. The molecule has 0 fully saturated rings. The van der Waals surface area contributed by atoms with Crippen LogP contribution in [0, 0.1) is 6.92 Å². The number of para-hydroxylation sites is 2. The molecule has 1 atom stereocenters. The summed E-state index contributed by atoms with van der Waals surface area (Å²) in [5.41, 5.74) is 2.98. The van der Waals surface area contributed by atoms with Crippen molar-refractivity contribution in [2.75, 3.05) is 0 Å². The Labute approximate surface area is 122 Å². The van der Waals surface area contributed by atoms with Crippen molar-refractivity contribution >= 4 is 22.6 Å². The van der Waals surface area contributed by atoms with Crippen molar-refractivity contribution in [3.63, 3.8) is 0 Å². The van der Waals surface area contributed by atoms with E-state index in [1.165, 1.54) is 0 Å². The number of aromatic amines is 1. The predicted molar refractivity (Wildman–Crippen MR) is 81.3 cm³/mol. The normalized spacial score (nSPS) is 12.6. The van der Waals surface area contributed by atoms with E-state index in [-0.39, 0.29) is 6.10 Å². The molecule has 0 amide bonds. The van der Waals surface area contributed by atoms with E-state index in [4.69, 9.17) is 16.3 Å². The van der Waals surface area contributed by atoms with Gasteiger partial charge >= 0.3 is 0 Å². The number of imidazole rings is 1. The molecule has 2 aromatic carbocycles. The van der Waals surface area contributed by atoms with Crippen molar-refractivity contribution in [1.29, 1.82) is 0 Å². The lowest BCUT2D eigenvalue weighted by Gasteiger charge is -2.14. The van der Waals surface area contributed by atoms with Crippen LogP contribution in [0.25, 0.3) is 11.0 Å². The van der Waals surface area contributed by atoms with Gasteiger partial charge in [0.15, 0.2) is 6.10 Å². The minimum atomic E-state index is -0.151. The molecular formula is C16H15ClN2O. The summed E-state index contributed by atoms with van der Waals surface area (Å²) in [4.78, 5) is 7.83. The van der Waals surface area contributed by atoms with Gasteiger partial charge in [0.05, 0.1) is 11.0 Å². The van der Waals surface area contributed by atoms with Gasteiger partial charge in [-0.05, 0) is 49.7 Å². The second-order valence-electron chi connectivity index (χ2n) is 4.81. The smallest absolute Gasteiger partial charge is 0.153 e. The standard InChI is InChI=1S/C16H15ClN2O/c1-10-9-12(17)7-8-15(10)20-11(2)16-18-13-5-3-4-6-14(13)19-16/h3-9,11H,1-2H3,(H,18,19). The third-order valence-corrected chi connectivity index (χ3v) is 3.47. The van der Waals surface area contributed by atoms with Gasteiger partial charge in [-0.1, -0.05) is 23.7 Å². The summed E-state index contributed by atoms with van der Waals surface area (Å²) in [5.74, 6) is 1.64. The van der Waals surface area contributed by atoms with Gasteiger partial charge in [0, 0.05) is 5.02 Å². The van der Waals surface area contributed by atoms with E-state index in [1.54, 1.807) is 0 Å². The predicted octanol–water partition coefficient (Wildman–Crippen LogP) is 4.66. The number of nitrogens with one attached hydrogen (secondary N) is 1. The first-order valence-corrected chi connectivity index (χ1v) is 6.89. The maximum absolute atomic E-state index is 5.96. The number of benzene rings is 2. The number of aryl methyl sites for hydroxylation is 1. The van der Waals surface area contributed by atoms with E-state index in [2.05, 4.69) is 9.97 Å². The highest BCUT2D eigenvalue weighted by atomic mass is 35.5. The summed E-state index contributed by atoms with van der Waals surface area (Å²) in [6.45, 7) is 3.96. The van der Waals surface area contributed by atoms with E-state index in [0.29, 0.717) is 5.02 Å². The molecule has 1 unspecified atom stereocenters. The molecule has 3 rings (SSSR count). The Morgan fingerprint density at radius 1 is 1.20 bits per heavy atom. The molecule has 0 radical (unpaired) electrons. The molecule has 0 spiro atoms. The average molecular weight is 287 g/mol. The number of ether oxygens (including phenoxy) is 1. The van der Waals surface area contributed by atoms with Crippen molar-refractivity contribution in [2.24, 2.45) is 0 Å². The monoisotopic (exact) mass is 286 g/mol. The quantitative estimate of drug-likeness (QED) is 0.760. The Morgan fingerprint density at radius 3 is 2.75 bits per heavy atom. The zero-order valence-electron chi connectivity index (χ0n) is 11.4. The topological polar surface area (TPSA) is 37.9 Å². The number of hydrogen-bond acceptors (Lipinski definition) is 2. The third kappa shape index (κ3) is 2.49. The lowest BCUT2D eigenvalue weighted by Crippen LogP contribution is -2.05. The van der Waals surface area contributed by atoms with Crippen molar-refractivity contribution in [3.05, 3.63) is 58.9 Å². The summed E-state index contributed by atoms with van der Waals surface area (Å²) in [6, 6.07) is 13.6.